The van der Waals surface area contributed by atoms with Crippen molar-refractivity contribution in [3.05, 3.63) is 76.4 Å². The second-order valence-electron chi connectivity index (χ2n) is 10.9. The van der Waals surface area contributed by atoms with E-state index in [9.17, 15) is 18.0 Å². The summed E-state index contributed by atoms with van der Waals surface area (Å²) in [5.74, 6) is 0.194. The van der Waals surface area contributed by atoms with E-state index >= 15 is 0 Å². The lowest BCUT2D eigenvalue weighted by molar-refractivity contribution is -0.138. The Hall–Kier alpha value is -3.24. The van der Waals surface area contributed by atoms with Crippen molar-refractivity contribution in [1.29, 1.82) is 0 Å². The third kappa shape index (κ3) is 4.71. The quantitative estimate of drug-likeness (QED) is 0.433. The van der Waals surface area contributed by atoms with Crippen molar-refractivity contribution in [3.8, 4) is 0 Å². The van der Waals surface area contributed by atoms with Gasteiger partial charge in [-0.05, 0) is 80.0 Å². The largest absolute Gasteiger partial charge is 0.416 e. The van der Waals surface area contributed by atoms with E-state index in [1.165, 1.54) is 11.0 Å². The van der Waals surface area contributed by atoms with Crippen LogP contribution in [0.15, 0.2) is 42.7 Å². The van der Waals surface area contributed by atoms with Gasteiger partial charge in [0.2, 0.25) is 0 Å². The molecule has 1 aromatic heterocycles. The van der Waals surface area contributed by atoms with Crippen molar-refractivity contribution in [3.63, 3.8) is 0 Å². The van der Waals surface area contributed by atoms with Gasteiger partial charge in [-0.2, -0.15) is 13.2 Å². The number of ether oxygens (including phenoxy) is 1. The van der Waals surface area contributed by atoms with E-state index in [4.69, 9.17) is 4.74 Å². The van der Waals surface area contributed by atoms with Crippen LogP contribution >= 0.6 is 0 Å². The second-order valence-corrected chi connectivity index (χ2v) is 10.9. The van der Waals surface area contributed by atoms with E-state index in [1.54, 1.807) is 35.2 Å². The smallest absolute Gasteiger partial charge is 0.362 e. The fourth-order valence-corrected chi connectivity index (χ4v) is 5.30. The molecule has 0 saturated heterocycles. The number of benzene rings is 2. The molecule has 3 aliphatic rings. The SMILES string of the molecule is Cn1cnnc1[C@H](OC1CC1)c1cccc(N2Cc3c(cc(CNC4(C)CCC4)cc3C(F)(F)F)C2=O)c1. The number of halogens is 3. The van der Waals surface area contributed by atoms with Gasteiger partial charge in [0.05, 0.1) is 18.2 Å². The van der Waals surface area contributed by atoms with Crippen LogP contribution in [0.4, 0.5) is 18.9 Å². The van der Waals surface area contributed by atoms with Crippen molar-refractivity contribution < 1.29 is 22.7 Å². The summed E-state index contributed by atoms with van der Waals surface area (Å²) in [4.78, 5) is 14.9. The van der Waals surface area contributed by atoms with Gasteiger partial charge in [-0.1, -0.05) is 12.1 Å². The minimum Gasteiger partial charge on any atom is -0.362 e. The second kappa shape index (κ2) is 9.20. The molecular formula is C28H30F3N5O2. The van der Waals surface area contributed by atoms with Crippen molar-refractivity contribution in [2.75, 3.05) is 4.90 Å². The number of carbonyl (C=O) groups excluding carboxylic acids is 1. The van der Waals surface area contributed by atoms with Gasteiger partial charge in [0.15, 0.2) is 5.82 Å². The Labute approximate surface area is 219 Å². The summed E-state index contributed by atoms with van der Waals surface area (Å²) in [7, 11) is 1.83. The Morgan fingerprint density at radius 1 is 1.21 bits per heavy atom. The molecule has 2 fully saturated rings. The number of aromatic nitrogens is 3. The Morgan fingerprint density at radius 2 is 2.00 bits per heavy atom. The molecule has 3 aromatic rings. The molecule has 1 aliphatic heterocycles. The highest BCUT2D eigenvalue weighted by molar-refractivity contribution is 6.10. The lowest BCUT2D eigenvalue weighted by atomic mass is 9.78. The molecule has 6 rings (SSSR count). The molecule has 0 radical (unpaired) electrons. The van der Waals surface area contributed by atoms with Crippen LogP contribution in [-0.4, -0.2) is 32.3 Å². The van der Waals surface area contributed by atoms with E-state index < -0.39 is 23.8 Å². The molecule has 10 heteroatoms. The first kappa shape index (κ1) is 25.1. The molecule has 2 aliphatic carbocycles. The number of amides is 1. The topological polar surface area (TPSA) is 72.3 Å². The number of hydrogen-bond acceptors (Lipinski definition) is 5. The molecule has 1 atom stereocenters. The fourth-order valence-electron chi connectivity index (χ4n) is 5.30. The first-order valence-corrected chi connectivity index (χ1v) is 13.0. The molecule has 2 heterocycles. The molecule has 1 amide bonds. The van der Waals surface area contributed by atoms with Crippen molar-refractivity contribution in [1.82, 2.24) is 20.1 Å². The average Bonchev–Trinajstić information content (AvgIpc) is 3.50. The highest BCUT2D eigenvalue weighted by Gasteiger charge is 2.41. The van der Waals surface area contributed by atoms with Crippen LogP contribution in [-0.2, 0) is 31.1 Å². The minimum atomic E-state index is -4.56. The standard InChI is InChI=1S/C28H30F3N5O2/c1-27(9-4-10-27)32-14-17-11-21-22(23(12-17)28(29,30)31)15-36(26(21)37)19-6-3-5-18(13-19)24(38-20-7-8-20)25-34-33-16-35(25)2/h3,5-6,11-13,16,20,24,32H,4,7-10,14-15H2,1-2H3/t24-/m1/s1. The van der Waals surface area contributed by atoms with E-state index in [0.717, 1.165) is 37.7 Å². The number of nitrogens with zero attached hydrogens (tertiary/aromatic N) is 4. The van der Waals surface area contributed by atoms with Crippen LogP contribution in [0.2, 0.25) is 0 Å². The Kier molecular flexibility index (Phi) is 6.07. The molecule has 2 aromatic carbocycles. The molecular weight excluding hydrogens is 495 g/mol. The van der Waals surface area contributed by atoms with Gasteiger partial charge in [-0.25, -0.2) is 0 Å². The van der Waals surface area contributed by atoms with Crippen LogP contribution < -0.4 is 10.2 Å². The Balaban J connectivity index is 1.32. The monoisotopic (exact) mass is 525 g/mol. The number of hydrogen-bond donors (Lipinski definition) is 1. The molecule has 200 valence electrons. The zero-order chi connectivity index (χ0) is 26.7. The predicted octanol–water partition coefficient (Wildman–Crippen LogP) is 5.29. The van der Waals surface area contributed by atoms with Gasteiger partial charge < -0.3 is 19.5 Å². The number of carbonyl (C=O) groups is 1. The lowest BCUT2D eigenvalue weighted by Crippen LogP contribution is -2.47. The van der Waals surface area contributed by atoms with Crippen molar-refractivity contribution >= 4 is 11.6 Å². The van der Waals surface area contributed by atoms with Crippen molar-refractivity contribution in [2.24, 2.45) is 7.05 Å². The lowest BCUT2D eigenvalue weighted by Gasteiger charge is -2.39. The number of rotatable bonds is 8. The molecule has 2 saturated carbocycles. The van der Waals surface area contributed by atoms with Crippen LogP contribution in [0, 0.1) is 0 Å². The van der Waals surface area contributed by atoms with Gasteiger partial charge in [-0.15, -0.1) is 10.2 Å². The van der Waals surface area contributed by atoms with Crippen LogP contribution in [0.5, 0.6) is 0 Å². The summed E-state index contributed by atoms with van der Waals surface area (Å²) in [6.07, 6.45) is 1.69. The van der Waals surface area contributed by atoms with Gasteiger partial charge in [0.25, 0.3) is 5.91 Å². The van der Waals surface area contributed by atoms with Gasteiger partial charge in [0, 0.05) is 30.4 Å². The van der Waals surface area contributed by atoms with Gasteiger partial charge in [-0.3, -0.25) is 4.79 Å². The van der Waals surface area contributed by atoms with Crippen molar-refractivity contribution in [2.45, 2.75) is 76.0 Å². The Bertz CT molecular complexity index is 1380. The van der Waals surface area contributed by atoms with Crippen LogP contribution in [0.25, 0.3) is 0 Å². The maximum atomic E-state index is 14.1. The number of anilines is 1. The third-order valence-electron chi connectivity index (χ3n) is 7.90. The van der Waals surface area contributed by atoms with E-state index in [2.05, 4.69) is 22.4 Å². The first-order valence-electron chi connectivity index (χ1n) is 13.0. The van der Waals surface area contributed by atoms with Crippen LogP contribution in [0.1, 0.15) is 83.6 Å². The summed E-state index contributed by atoms with van der Waals surface area (Å²) in [5.41, 5.74) is 1.08. The Morgan fingerprint density at radius 3 is 2.63 bits per heavy atom. The maximum absolute atomic E-state index is 14.1. The van der Waals surface area contributed by atoms with Gasteiger partial charge >= 0.3 is 6.18 Å². The number of aryl methyl sites for hydroxylation is 1. The molecule has 7 nitrogen and oxygen atoms in total. The molecule has 0 unspecified atom stereocenters. The number of fused-ring (bicyclic) bond motifs is 1. The zero-order valence-electron chi connectivity index (χ0n) is 21.4. The maximum Gasteiger partial charge on any atom is 0.416 e. The number of alkyl halides is 3. The van der Waals surface area contributed by atoms with E-state index in [-0.39, 0.29) is 35.9 Å². The summed E-state index contributed by atoms with van der Waals surface area (Å²) in [6, 6.07) is 10.0. The predicted molar refractivity (Wildman–Crippen MR) is 134 cm³/mol. The molecule has 38 heavy (non-hydrogen) atoms. The van der Waals surface area contributed by atoms with Crippen LogP contribution in [0.3, 0.4) is 0 Å². The first-order chi connectivity index (χ1) is 18.1. The normalized spacial score (nSPS) is 19.4. The zero-order valence-corrected chi connectivity index (χ0v) is 21.4. The summed E-state index contributed by atoms with van der Waals surface area (Å²) in [6.45, 7) is 2.22. The van der Waals surface area contributed by atoms with E-state index in [0.29, 0.717) is 17.1 Å². The fraction of sp³-hybridized carbons (Fsp3) is 0.464. The van der Waals surface area contributed by atoms with E-state index in [1.807, 2.05) is 13.1 Å². The molecule has 0 spiro atoms. The minimum absolute atomic E-state index is 0.0191. The average molecular weight is 526 g/mol. The third-order valence-corrected chi connectivity index (χ3v) is 7.90. The molecule has 1 N–H and O–H groups in total. The highest BCUT2D eigenvalue weighted by Crippen LogP contribution is 2.41. The van der Waals surface area contributed by atoms with Gasteiger partial charge in [0.1, 0.15) is 12.4 Å². The molecule has 0 bridgehead atoms. The highest BCUT2D eigenvalue weighted by atomic mass is 19.4. The summed E-state index contributed by atoms with van der Waals surface area (Å²) >= 11 is 0. The number of nitrogens with one attached hydrogen (secondary N) is 1. The summed E-state index contributed by atoms with van der Waals surface area (Å²) < 4.78 is 50.5. The summed E-state index contributed by atoms with van der Waals surface area (Å²) in [5, 5.41) is 11.6.